The van der Waals surface area contributed by atoms with Crippen molar-refractivity contribution >= 4 is 5.97 Å². The topological polar surface area (TPSA) is 57.5 Å². The zero-order chi connectivity index (χ0) is 27.3. The first-order valence-electron chi connectivity index (χ1n) is 14.4. The van der Waals surface area contributed by atoms with Crippen LogP contribution in [0.4, 0.5) is 0 Å². The lowest BCUT2D eigenvalue weighted by atomic mass is 9.69. The van der Waals surface area contributed by atoms with Crippen molar-refractivity contribution in [3.8, 4) is 11.1 Å². The molecule has 0 saturated heterocycles. The second-order valence-corrected chi connectivity index (χ2v) is 11.5. The second kappa shape index (κ2) is 11.9. The zero-order valence-corrected chi connectivity index (χ0v) is 23.6. The molecule has 1 aliphatic carbocycles. The minimum Gasteiger partial charge on any atom is -0.481 e. The summed E-state index contributed by atoms with van der Waals surface area (Å²) in [7, 11) is 0. The summed E-state index contributed by atoms with van der Waals surface area (Å²) in [5, 5.41) is 20.0. The molecule has 0 aliphatic heterocycles. The van der Waals surface area contributed by atoms with Crippen molar-refractivity contribution in [1.29, 1.82) is 0 Å². The molecular weight excluding hydrogens is 468 g/mol. The van der Waals surface area contributed by atoms with Gasteiger partial charge in [0.1, 0.15) is 0 Å². The zero-order valence-electron chi connectivity index (χ0n) is 23.6. The van der Waals surface area contributed by atoms with Crippen LogP contribution in [-0.2, 0) is 23.1 Å². The number of carboxylic acid groups (broad SMARTS) is 1. The molecule has 3 aromatic rings. The summed E-state index contributed by atoms with van der Waals surface area (Å²) >= 11 is 0. The molecule has 0 unspecified atom stereocenters. The second-order valence-electron chi connectivity index (χ2n) is 11.5. The van der Waals surface area contributed by atoms with Crippen LogP contribution in [0.25, 0.3) is 11.1 Å². The van der Waals surface area contributed by atoms with E-state index in [0.29, 0.717) is 0 Å². The minimum atomic E-state index is -0.807. The van der Waals surface area contributed by atoms with Gasteiger partial charge in [-0.1, -0.05) is 93.8 Å². The first kappa shape index (κ1) is 28.1. The standard InChI is InChI=1S/C35H44O3/c1-5-35(6-2,30-15-14-28(25(3)22-30)18-21-34(38)19-8-7-9-20-34)31-16-17-32(26(4)23-31)29-12-10-27(11-13-29)24-33(36)37/h10-17,22-23,38H,5-9,18-21,24H2,1-4H3,(H,36,37). The first-order chi connectivity index (χ1) is 18.2. The highest BCUT2D eigenvalue weighted by Crippen LogP contribution is 2.41. The van der Waals surface area contributed by atoms with Crippen LogP contribution < -0.4 is 0 Å². The fourth-order valence-corrected chi connectivity index (χ4v) is 6.60. The Labute approximate surface area is 228 Å². The Morgan fingerprint density at radius 3 is 2.00 bits per heavy atom. The number of hydrogen-bond donors (Lipinski definition) is 2. The van der Waals surface area contributed by atoms with Crippen LogP contribution in [0.2, 0.25) is 0 Å². The predicted molar refractivity (Wildman–Crippen MR) is 157 cm³/mol. The van der Waals surface area contributed by atoms with Crippen molar-refractivity contribution in [1.82, 2.24) is 0 Å². The molecule has 0 radical (unpaired) electrons. The summed E-state index contributed by atoms with van der Waals surface area (Å²) in [4.78, 5) is 11.0. The summed E-state index contributed by atoms with van der Waals surface area (Å²) < 4.78 is 0. The van der Waals surface area contributed by atoms with Crippen molar-refractivity contribution < 1.29 is 15.0 Å². The van der Waals surface area contributed by atoms with Gasteiger partial charge in [0.2, 0.25) is 0 Å². The molecule has 38 heavy (non-hydrogen) atoms. The molecule has 0 amide bonds. The van der Waals surface area contributed by atoms with Gasteiger partial charge in [-0.3, -0.25) is 4.79 Å². The lowest BCUT2D eigenvalue weighted by Gasteiger charge is -2.35. The normalized spacial score (nSPS) is 15.4. The van der Waals surface area contributed by atoms with E-state index in [2.05, 4.69) is 64.1 Å². The monoisotopic (exact) mass is 512 g/mol. The van der Waals surface area contributed by atoms with Crippen LogP contribution in [0.15, 0.2) is 60.7 Å². The van der Waals surface area contributed by atoms with Crippen LogP contribution in [-0.4, -0.2) is 21.8 Å². The molecule has 3 nitrogen and oxygen atoms in total. The highest BCUT2D eigenvalue weighted by atomic mass is 16.4. The highest BCUT2D eigenvalue weighted by molar-refractivity contribution is 5.72. The van der Waals surface area contributed by atoms with E-state index >= 15 is 0 Å². The smallest absolute Gasteiger partial charge is 0.307 e. The lowest BCUT2D eigenvalue weighted by Crippen LogP contribution is -2.31. The van der Waals surface area contributed by atoms with E-state index in [1.165, 1.54) is 39.8 Å². The van der Waals surface area contributed by atoms with Gasteiger partial charge in [0.25, 0.3) is 0 Å². The van der Waals surface area contributed by atoms with Crippen LogP contribution in [0.5, 0.6) is 0 Å². The van der Waals surface area contributed by atoms with E-state index in [1.807, 2.05) is 24.3 Å². The SMILES string of the molecule is CCC(CC)(c1ccc(CCC2(O)CCCCC2)c(C)c1)c1ccc(-c2ccc(CC(=O)O)cc2)c(C)c1. The summed E-state index contributed by atoms with van der Waals surface area (Å²) in [5.41, 5.74) is 9.20. The van der Waals surface area contributed by atoms with E-state index in [0.717, 1.165) is 62.5 Å². The van der Waals surface area contributed by atoms with E-state index in [-0.39, 0.29) is 11.8 Å². The van der Waals surface area contributed by atoms with Crippen LogP contribution in [0, 0.1) is 13.8 Å². The van der Waals surface area contributed by atoms with Crippen molar-refractivity contribution in [2.75, 3.05) is 0 Å². The number of benzene rings is 3. The van der Waals surface area contributed by atoms with Crippen LogP contribution >= 0.6 is 0 Å². The molecule has 4 rings (SSSR count). The lowest BCUT2D eigenvalue weighted by molar-refractivity contribution is -0.136. The van der Waals surface area contributed by atoms with E-state index < -0.39 is 11.6 Å². The Morgan fingerprint density at radius 1 is 0.842 bits per heavy atom. The number of aryl methyl sites for hydroxylation is 3. The summed E-state index contributed by atoms with van der Waals surface area (Å²) in [6.07, 6.45) is 9.33. The molecule has 202 valence electrons. The molecule has 0 bridgehead atoms. The maximum absolute atomic E-state index is 11.0. The molecule has 0 aromatic heterocycles. The third-order valence-corrected chi connectivity index (χ3v) is 9.15. The Hall–Kier alpha value is -2.91. The van der Waals surface area contributed by atoms with Gasteiger partial charge in [-0.2, -0.15) is 0 Å². The Morgan fingerprint density at radius 2 is 1.45 bits per heavy atom. The van der Waals surface area contributed by atoms with Crippen molar-refractivity contribution in [3.05, 3.63) is 94.0 Å². The number of carboxylic acids is 1. The number of aliphatic hydroxyl groups is 1. The van der Waals surface area contributed by atoms with Crippen molar-refractivity contribution in [2.45, 2.75) is 103 Å². The van der Waals surface area contributed by atoms with E-state index in [9.17, 15) is 9.90 Å². The average Bonchev–Trinajstić information content (AvgIpc) is 2.90. The van der Waals surface area contributed by atoms with Gasteiger partial charge in [0, 0.05) is 5.41 Å². The third-order valence-electron chi connectivity index (χ3n) is 9.15. The quantitative estimate of drug-likeness (QED) is 0.287. The largest absolute Gasteiger partial charge is 0.481 e. The number of hydrogen-bond acceptors (Lipinski definition) is 2. The molecule has 2 N–H and O–H groups in total. The van der Waals surface area contributed by atoms with Gasteiger partial charge in [0.15, 0.2) is 0 Å². The van der Waals surface area contributed by atoms with Gasteiger partial charge >= 0.3 is 5.97 Å². The fourth-order valence-electron chi connectivity index (χ4n) is 6.60. The van der Waals surface area contributed by atoms with Crippen LogP contribution in [0.1, 0.15) is 98.6 Å². The summed E-state index contributed by atoms with van der Waals surface area (Å²) in [6.45, 7) is 8.97. The van der Waals surface area contributed by atoms with E-state index in [1.54, 1.807) is 0 Å². The van der Waals surface area contributed by atoms with Gasteiger partial charge in [-0.25, -0.2) is 0 Å². The molecule has 3 heteroatoms. The number of aliphatic carboxylic acids is 1. The van der Waals surface area contributed by atoms with Gasteiger partial charge in [-0.05, 0) is 96.9 Å². The fraction of sp³-hybridized carbons (Fsp3) is 0.457. The Balaban J connectivity index is 1.58. The first-order valence-corrected chi connectivity index (χ1v) is 14.4. The predicted octanol–water partition coefficient (Wildman–Crippen LogP) is 8.33. The maximum atomic E-state index is 11.0. The third kappa shape index (κ3) is 6.04. The molecular formula is C35H44O3. The van der Waals surface area contributed by atoms with Crippen molar-refractivity contribution in [2.24, 2.45) is 0 Å². The molecule has 0 atom stereocenters. The Kier molecular flexibility index (Phi) is 8.78. The molecule has 3 aromatic carbocycles. The number of rotatable bonds is 10. The molecule has 0 spiro atoms. The van der Waals surface area contributed by atoms with Gasteiger partial charge in [0.05, 0.1) is 12.0 Å². The maximum Gasteiger partial charge on any atom is 0.307 e. The minimum absolute atomic E-state index is 0.0484. The van der Waals surface area contributed by atoms with E-state index in [4.69, 9.17) is 5.11 Å². The molecule has 1 fully saturated rings. The molecule has 1 saturated carbocycles. The highest BCUT2D eigenvalue weighted by Gasteiger charge is 2.32. The summed E-state index contributed by atoms with van der Waals surface area (Å²) in [6, 6.07) is 21.7. The molecule has 1 aliphatic rings. The van der Waals surface area contributed by atoms with Gasteiger partial charge in [-0.15, -0.1) is 0 Å². The summed E-state index contributed by atoms with van der Waals surface area (Å²) in [5.74, 6) is -0.807. The van der Waals surface area contributed by atoms with Gasteiger partial charge < -0.3 is 10.2 Å². The molecule has 0 heterocycles. The number of carbonyl (C=O) groups is 1. The van der Waals surface area contributed by atoms with Crippen molar-refractivity contribution in [3.63, 3.8) is 0 Å². The average molecular weight is 513 g/mol. The van der Waals surface area contributed by atoms with Crippen LogP contribution in [0.3, 0.4) is 0 Å². The Bertz CT molecular complexity index is 1240.